The maximum Gasteiger partial charge on any atom is 0.337 e. The maximum absolute atomic E-state index is 11.3. The zero-order chi connectivity index (χ0) is 15.5. The van der Waals surface area contributed by atoms with Crippen molar-refractivity contribution in [2.24, 2.45) is 0 Å². The van der Waals surface area contributed by atoms with Gasteiger partial charge in [0.05, 0.1) is 12.7 Å². The fourth-order valence-corrected chi connectivity index (χ4v) is 1.83. The maximum atomic E-state index is 11.3. The predicted molar refractivity (Wildman–Crippen MR) is 87.7 cm³/mol. The van der Waals surface area contributed by atoms with Crippen LogP contribution >= 0.6 is 12.2 Å². The Balaban J connectivity index is 2.26. The Labute approximate surface area is 131 Å². The van der Waals surface area contributed by atoms with E-state index >= 15 is 0 Å². The second kappa shape index (κ2) is 10.1. The summed E-state index contributed by atoms with van der Waals surface area (Å²) in [6.45, 7) is 4.38. The number of hydrogen-bond acceptors (Lipinski definition) is 4. The van der Waals surface area contributed by atoms with Crippen molar-refractivity contribution in [3.8, 4) is 0 Å². The van der Waals surface area contributed by atoms with Crippen LogP contribution in [0, 0.1) is 0 Å². The zero-order valence-electron chi connectivity index (χ0n) is 12.5. The molecule has 0 unspecified atom stereocenters. The molecule has 5 nitrogen and oxygen atoms in total. The summed E-state index contributed by atoms with van der Waals surface area (Å²) in [5, 5.41) is 6.71. The van der Waals surface area contributed by atoms with Gasteiger partial charge in [0.2, 0.25) is 0 Å². The average molecular weight is 310 g/mol. The quantitative estimate of drug-likeness (QED) is 0.437. The number of anilines is 1. The number of esters is 1. The van der Waals surface area contributed by atoms with Crippen molar-refractivity contribution in [1.29, 1.82) is 0 Å². The normalized spacial score (nSPS) is 10.0. The van der Waals surface area contributed by atoms with Gasteiger partial charge in [-0.2, -0.15) is 0 Å². The highest BCUT2D eigenvalue weighted by molar-refractivity contribution is 7.80. The van der Waals surface area contributed by atoms with E-state index < -0.39 is 0 Å². The number of thiocarbonyl (C=S) groups is 1. The van der Waals surface area contributed by atoms with Crippen molar-refractivity contribution in [3.05, 3.63) is 29.8 Å². The van der Waals surface area contributed by atoms with E-state index in [-0.39, 0.29) is 5.97 Å². The van der Waals surface area contributed by atoms with Gasteiger partial charge in [0, 0.05) is 25.4 Å². The highest BCUT2D eigenvalue weighted by Crippen LogP contribution is 2.10. The van der Waals surface area contributed by atoms with Crippen LogP contribution in [0.15, 0.2) is 24.3 Å². The number of ether oxygens (including phenoxy) is 2. The summed E-state index contributed by atoms with van der Waals surface area (Å²) in [7, 11) is 1.36. The molecule has 0 radical (unpaired) electrons. The molecule has 0 atom stereocenters. The second-order valence-corrected chi connectivity index (χ2v) is 4.82. The molecule has 1 aromatic rings. The molecule has 6 heteroatoms. The minimum absolute atomic E-state index is 0.352. The second-order valence-electron chi connectivity index (χ2n) is 4.42. The van der Waals surface area contributed by atoms with E-state index in [0.29, 0.717) is 10.7 Å². The van der Waals surface area contributed by atoms with E-state index in [4.69, 9.17) is 17.0 Å². The van der Waals surface area contributed by atoms with Gasteiger partial charge in [-0.3, -0.25) is 0 Å². The molecule has 21 heavy (non-hydrogen) atoms. The summed E-state index contributed by atoms with van der Waals surface area (Å²) < 4.78 is 10.0. The lowest BCUT2D eigenvalue weighted by molar-refractivity contribution is 0.0601. The molecule has 0 aliphatic carbocycles. The molecule has 0 aliphatic rings. The van der Waals surface area contributed by atoms with Crippen molar-refractivity contribution < 1.29 is 14.3 Å². The molecule has 0 amide bonds. The Morgan fingerprint density at radius 3 is 2.57 bits per heavy atom. The fraction of sp³-hybridized carbons (Fsp3) is 0.467. The molecular formula is C15H22N2O3S. The number of hydrogen-bond donors (Lipinski definition) is 2. The van der Waals surface area contributed by atoms with Crippen LogP contribution in [0.4, 0.5) is 5.69 Å². The van der Waals surface area contributed by atoms with Crippen LogP contribution in [0.1, 0.15) is 30.1 Å². The van der Waals surface area contributed by atoms with Gasteiger partial charge in [-0.1, -0.05) is 6.92 Å². The first-order valence-electron chi connectivity index (χ1n) is 6.98. The molecule has 0 aromatic heterocycles. The van der Waals surface area contributed by atoms with E-state index in [1.165, 1.54) is 7.11 Å². The molecular weight excluding hydrogens is 288 g/mol. The molecule has 0 saturated heterocycles. The smallest absolute Gasteiger partial charge is 0.337 e. The third-order valence-electron chi connectivity index (χ3n) is 2.66. The molecule has 0 bridgehead atoms. The number of methoxy groups -OCH3 is 1. The first kappa shape index (κ1) is 17.4. The van der Waals surface area contributed by atoms with Crippen LogP contribution in [0.25, 0.3) is 0 Å². The highest BCUT2D eigenvalue weighted by atomic mass is 32.1. The van der Waals surface area contributed by atoms with Crippen LogP contribution in [0.2, 0.25) is 0 Å². The van der Waals surface area contributed by atoms with Crippen LogP contribution in [0.3, 0.4) is 0 Å². The molecule has 0 spiro atoms. The fourth-order valence-electron chi connectivity index (χ4n) is 1.61. The van der Waals surface area contributed by atoms with E-state index in [0.717, 1.165) is 38.3 Å². The predicted octanol–water partition coefficient (Wildman–Crippen LogP) is 2.58. The van der Waals surface area contributed by atoms with Gasteiger partial charge < -0.3 is 20.1 Å². The molecule has 116 valence electrons. The first-order chi connectivity index (χ1) is 10.2. The molecule has 0 fully saturated rings. The number of carbonyl (C=O) groups excluding carboxylic acids is 1. The van der Waals surface area contributed by atoms with E-state index in [9.17, 15) is 4.79 Å². The van der Waals surface area contributed by atoms with Crippen molar-refractivity contribution in [2.75, 3.05) is 32.2 Å². The van der Waals surface area contributed by atoms with Gasteiger partial charge in [0.1, 0.15) is 0 Å². The SMILES string of the molecule is CCCOCCCNC(=S)Nc1ccc(C(=O)OC)cc1. The Bertz CT molecular complexity index is 449. The number of benzene rings is 1. The molecule has 2 N–H and O–H groups in total. The number of nitrogens with one attached hydrogen (secondary N) is 2. The highest BCUT2D eigenvalue weighted by Gasteiger charge is 2.04. The van der Waals surface area contributed by atoms with Gasteiger partial charge in [0.15, 0.2) is 5.11 Å². The van der Waals surface area contributed by atoms with Gasteiger partial charge >= 0.3 is 5.97 Å². The van der Waals surface area contributed by atoms with Crippen molar-refractivity contribution >= 4 is 29.0 Å². The third-order valence-corrected chi connectivity index (χ3v) is 2.91. The van der Waals surface area contributed by atoms with Crippen LogP contribution in [-0.2, 0) is 9.47 Å². The minimum Gasteiger partial charge on any atom is -0.465 e. The summed E-state index contributed by atoms with van der Waals surface area (Å²) >= 11 is 5.19. The molecule has 1 rings (SSSR count). The van der Waals surface area contributed by atoms with E-state index in [2.05, 4.69) is 22.3 Å². The molecule has 0 saturated carbocycles. The molecule has 1 aromatic carbocycles. The number of rotatable bonds is 8. The lowest BCUT2D eigenvalue weighted by Gasteiger charge is -2.11. The first-order valence-corrected chi connectivity index (χ1v) is 7.39. The van der Waals surface area contributed by atoms with Crippen molar-refractivity contribution in [1.82, 2.24) is 5.32 Å². The Hall–Kier alpha value is -1.66. The average Bonchev–Trinajstić information content (AvgIpc) is 2.50. The van der Waals surface area contributed by atoms with Crippen molar-refractivity contribution in [3.63, 3.8) is 0 Å². The summed E-state index contributed by atoms with van der Waals surface area (Å²) in [5.74, 6) is -0.352. The Morgan fingerprint density at radius 2 is 1.95 bits per heavy atom. The van der Waals surface area contributed by atoms with E-state index in [1.807, 2.05) is 0 Å². The van der Waals surface area contributed by atoms with E-state index in [1.54, 1.807) is 24.3 Å². The van der Waals surface area contributed by atoms with Crippen LogP contribution < -0.4 is 10.6 Å². The third kappa shape index (κ3) is 7.06. The Kier molecular flexibility index (Phi) is 8.38. The minimum atomic E-state index is -0.352. The Morgan fingerprint density at radius 1 is 1.24 bits per heavy atom. The largest absolute Gasteiger partial charge is 0.465 e. The lowest BCUT2D eigenvalue weighted by Crippen LogP contribution is -2.29. The summed E-state index contributed by atoms with van der Waals surface area (Å²) in [6, 6.07) is 6.94. The molecule has 0 heterocycles. The van der Waals surface area contributed by atoms with Gasteiger partial charge in [0.25, 0.3) is 0 Å². The zero-order valence-corrected chi connectivity index (χ0v) is 13.3. The van der Waals surface area contributed by atoms with Gasteiger partial charge in [-0.05, 0) is 49.3 Å². The summed E-state index contributed by atoms with van der Waals surface area (Å²) in [6.07, 6.45) is 1.94. The van der Waals surface area contributed by atoms with Gasteiger partial charge in [-0.25, -0.2) is 4.79 Å². The monoisotopic (exact) mass is 310 g/mol. The van der Waals surface area contributed by atoms with Crippen LogP contribution in [-0.4, -0.2) is 38.0 Å². The standard InChI is InChI=1S/C15H22N2O3S/c1-3-10-20-11-4-9-16-15(21)17-13-7-5-12(6-8-13)14(18)19-2/h5-8H,3-4,9-11H2,1-2H3,(H2,16,17,21). The van der Waals surface area contributed by atoms with Gasteiger partial charge in [-0.15, -0.1) is 0 Å². The summed E-state index contributed by atoms with van der Waals surface area (Å²) in [4.78, 5) is 11.3. The lowest BCUT2D eigenvalue weighted by atomic mass is 10.2. The number of carbonyl (C=O) groups is 1. The van der Waals surface area contributed by atoms with Crippen LogP contribution in [0.5, 0.6) is 0 Å². The van der Waals surface area contributed by atoms with Crippen molar-refractivity contribution in [2.45, 2.75) is 19.8 Å². The summed E-state index contributed by atoms with van der Waals surface area (Å²) in [5.41, 5.74) is 1.33. The molecule has 0 aliphatic heterocycles. The topological polar surface area (TPSA) is 59.6 Å².